The summed E-state index contributed by atoms with van der Waals surface area (Å²) in [5.41, 5.74) is 0. The van der Waals surface area contributed by atoms with Crippen molar-refractivity contribution in [2.24, 2.45) is 0 Å². The molecule has 0 saturated heterocycles. The van der Waals surface area contributed by atoms with Crippen molar-refractivity contribution in [1.82, 2.24) is 15.0 Å². The lowest BCUT2D eigenvalue weighted by Crippen LogP contribution is -1.98. The van der Waals surface area contributed by atoms with E-state index < -0.39 is 0 Å². The summed E-state index contributed by atoms with van der Waals surface area (Å²) in [6, 6.07) is 7.48. The van der Waals surface area contributed by atoms with E-state index in [2.05, 4.69) is 111 Å². The van der Waals surface area contributed by atoms with Crippen LogP contribution in [-0.2, 0) is 0 Å². The van der Waals surface area contributed by atoms with E-state index in [4.69, 9.17) is 9.47 Å². The molecule has 134 valence electrons. The number of ether oxygens (including phenoxy) is 2. The average molecular weight is 739 g/mol. The fourth-order valence-electron chi connectivity index (χ4n) is 1.74. The molecule has 3 rings (SSSR count). The van der Waals surface area contributed by atoms with Gasteiger partial charge in [0.15, 0.2) is 0 Å². The van der Waals surface area contributed by atoms with E-state index in [9.17, 15) is 0 Å². The molecule has 0 radical (unpaired) electrons. The maximum atomic E-state index is 5.73. The van der Waals surface area contributed by atoms with Crippen molar-refractivity contribution in [3.63, 3.8) is 0 Å². The molecular weight excluding hydrogens is 734 g/mol. The third-order valence-corrected chi connectivity index (χ3v) is 9.60. The topological polar surface area (TPSA) is 57.1 Å². The molecule has 0 unspecified atom stereocenters. The van der Waals surface area contributed by atoms with Crippen LogP contribution in [0.2, 0.25) is 0 Å². The van der Waals surface area contributed by atoms with Gasteiger partial charge in [-0.3, -0.25) is 0 Å². The van der Waals surface area contributed by atoms with Gasteiger partial charge < -0.3 is 9.47 Å². The summed E-state index contributed by atoms with van der Waals surface area (Å²) in [6.07, 6.45) is 1.32. The minimum absolute atomic E-state index is 0.109. The molecule has 1 aromatic heterocycles. The average Bonchev–Trinajstić information content (AvgIpc) is 2.63. The van der Waals surface area contributed by atoms with Crippen LogP contribution >= 0.6 is 95.6 Å². The SMILES string of the molecule is Brc1ccc(Oc2ncnc(Oc3ccc(Br)c(Br)c3Br)n2)c(Br)c1Br. The number of hydrogen-bond acceptors (Lipinski definition) is 5. The Balaban J connectivity index is 1.85. The first-order valence-corrected chi connectivity index (χ1v) is 11.4. The van der Waals surface area contributed by atoms with Crippen molar-refractivity contribution >= 4 is 95.6 Å². The molecule has 0 bridgehead atoms. The number of benzene rings is 2. The third kappa shape index (κ3) is 4.67. The maximum Gasteiger partial charge on any atom is 0.328 e. The Morgan fingerprint density at radius 1 is 0.577 bits per heavy atom. The van der Waals surface area contributed by atoms with Gasteiger partial charge in [0.25, 0.3) is 0 Å². The molecule has 3 aromatic rings. The lowest BCUT2D eigenvalue weighted by Gasteiger charge is -2.10. The minimum atomic E-state index is 0.109. The van der Waals surface area contributed by atoms with Gasteiger partial charge in [0.2, 0.25) is 0 Å². The molecule has 11 heteroatoms. The lowest BCUT2D eigenvalue weighted by atomic mass is 10.3. The van der Waals surface area contributed by atoms with Crippen molar-refractivity contribution in [2.45, 2.75) is 0 Å². The zero-order chi connectivity index (χ0) is 18.8. The van der Waals surface area contributed by atoms with Crippen molar-refractivity contribution in [3.8, 4) is 23.5 Å². The molecule has 1 heterocycles. The van der Waals surface area contributed by atoms with Gasteiger partial charge in [-0.2, -0.15) is 9.97 Å². The molecule has 0 aliphatic carbocycles. The largest absolute Gasteiger partial charge is 0.423 e. The molecule has 0 N–H and O–H groups in total. The lowest BCUT2D eigenvalue weighted by molar-refractivity contribution is 0.394. The first-order chi connectivity index (χ1) is 12.4. The maximum absolute atomic E-state index is 5.73. The number of hydrogen-bond donors (Lipinski definition) is 0. The first-order valence-electron chi connectivity index (χ1n) is 6.68. The van der Waals surface area contributed by atoms with Gasteiger partial charge in [-0.25, -0.2) is 0 Å². The predicted molar refractivity (Wildman–Crippen MR) is 119 cm³/mol. The smallest absolute Gasteiger partial charge is 0.328 e. The van der Waals surface area contributed by atoms with Crippen LogP contribution in [0.1, 0.15) is 0 Å². The number of halogens is 6. The van der Waals surface area contributed by atoms with Gasteiger partial charge in [0.1, 0.15) is 17.8 Å². The molecule has 5 nitrogen and oxygen atoms in total. The standard InChI is InChI=1S/C15H5Br6N3O2/c16-6-1-3-8(12(20)10(6)18)25-14-22-5-23-15(24-14)26-9-4-2-7(17)11(19)13(9)21/h1-5H. The highest BCUT2D eigenvalue weighted by atomic mass is 79.9. The number of rotatable bonds is 4. The van der Waals surface area contributed by atoms with E-state index in [1.165, 1.54) is 6.33 Å². The highest BCUT2D eigenvalue weighted by molar-refractivity contribution is 9.15. The molecule has 0 fully saturated rings. The van der Waals surface area contributed by atoms with E-state index in [1.807, 2.05) is 12.1 Å². The van der Waals surface area contributed by atoms with Crippen molar-refractivity contribution in [2.75, 3.05) is 0 Å². The van der Waals surface area contributed by atoms with Crippen LogP contribution in [0, 0.1) is 0 Å². The summed E-state index contributed by atoms with van der Waals surface area (Å²) in [4.78, 5) is 12.2. The molecule has 0 atom stereocenters. The summed E-state index contributed by atoms with van der Waals surface area (Å²) >= 11 is 20.7. The Bertz CT molecular complexity index is 911. The normalized spacial score (nSPS) is 10.7. The molecule has 0 saturated carbocycles. The monoisotopic (exact) mass is 733 g/mol. The number of aromatic nitrogens is 3. The van der Waals surface area contributed by atoms with Crippen LogP contribution in [0.15, 0.2) is 57.4 Å². The van der Waals surface area contributed by atoms with Crippen LogP contribution < -0.4 is 9.47 Å². The fourth-order valence-corrected chi connectivity index (χ4v) is 4.44. The molecule has 0 aliphatic rings. The second-order valence-electron chi connectivity index (χ2n) is 4.60. The third-order valence-electron chi connectivity index (χ3n) is 2.93. The van der Waals surface area contributed by atoms with Crippen molar-refractivity contribution in [3.05, 3.63) is 57.4 Å². The second kappa shape index (κ2) is 8.95. The van der Waals surface area contributed by atoms with E-state index in [1.54, 1.807) is 12.1 Å². The van der Waals surface area contributed by atoms with Crippen LogP contribution in [0.25, 0.3) is 0 Å². The zero-order valence-corrected chi connectivity index (χ0v) is 21.8. The number of nitrogens with zero attached hydrogens (tertiary/aromatic N) is 3. The Kier molecular flexibility index (Phi) is 7.11. The van der Waals surface area contributed by atoms with Gasteiger partial charge >= 0.3 is 12.0 Å². The van der Waals surface area contributed by atoms with Crippen molar-refractivity contribution in [1.29, 1.82) is 0 Å². The summed E-state index contributed by atoms with van der Waals surface area (Å²) in [5.74, 6) is 1.09. The molecular formula is C15H5Br6N3O2. The van der Waals surface area contributed by atoms with E-state index >= 15 is 0 Å². The highest BCUT2D eigenvalue weighted by Crippen LogP contribution is 2.40. The molecule has 0 amide bonds. The first kappa shape index (κ1) is 20.7. The van der Waals surface area contributed by atoms with E-state index in [-0.39, 0.29) is 12.0 Å². The van der Waals surface area contributed by atoms with Crippen LogP contribution in [0.3, 0.4) is 0 Å². The fraction of sp³-hybridized carbons (Fsp3) is 0. The molecule has 2 aromatic carbocycles. The van der Waals surface area contributed by atoms with Gasteiger partial charge in [0, 0.05) is 17.9 Å². The summed E-state index contributed by atoms with van der Waals surface area (Å²) < 4.78 is 16.3. The Labute approximate surface area is 199 Å². The Morgan fingerprint density at radius 2 is 1.00 bits per heavy atom. The van der Waals surface area contributed by atoms with E-state index in [0.717, 1.165) is 26.8 Å². The van der Waals surface area contributed by atoms with Gasteiger partial charge in [-0.15, -0.1) is 4.98 Å². The Morgan fingerprint density at radius 3 is 1.42 bits per heavy atom. The minimum Gasteiger partial charge on any atom is -0.423 e. The van der Waals surface area contributed by atoms with Crippen LogP contribution in [-0.4, -0.2) is 15.0 Å². The summed E-state index contributed by atoms with van der Waals surface area (Å²) in [7, 11) is 0. The predicted octanol–water partition coefficient (Wildman–Crippen LogP) is 8.03. The van der Waals surface area contributed by atoms with Gasteiger partial charge in [-0.05, 0) is 120 Å². The molecule has 0 aliphatic heterocycles. The van der Waals surface area contributed by atoms with Crippen LogP contribution in [0.5, 0.6) is 23.5 Å². The quantitative estimate of drug-likeness (QED) is 0.254. The highest BCUT2D eigenvalue weighted by Gasteiger charge is 2.14. The van der Waals surface area contributed by atoms with Crippen LogP contribution in [0.4, 0.5) is 0 Å². The summed E-state index contributed by atoms with van der Waals surface area (Å²) in [5, 5.41) is 0. The van der Waals surface area contributed by atoms with E-state index in [0.29, 0.717) is 11.5 Å². The van der Waals surface area contributed by atoms with Gasteiger partial charge in [0.05, 0.1) is 8.95 Å². The van der Waals surface area contributed by atoms with Crippen molar-refractivity contribution < 1.29 is 9.47 Å². The second-order valence-corrected chi connectivity index (χ2v) is 9.48. The summed E-state index contributed by atoms with van der Waals surface area (Å²) in [6.45, 7) is 0. The zero-order valence-electron chi connectivity index (χ0n) is 12.3. The molecule has 26 heavy (non-hydrogen) atoms. The Hall–Kier alpha value is -0.0700. The molecule has 0 spiro atoms. The van der Waals surface area contributed by atoms with Gasteiger partial charge in [-0.1, -0.05) is 0 Å².